The molecule has 0 aromatic carbocycles. The van der Waals surface area contributed by atoms with Gasteiger partial charge in [-0.05, 0) is 0 Å². The molecule has 2 heterocycles. The molecule has 0 fully saturated rings. The molecular weight excluding hydrogens is 223 g/mol. The van der Waals surface area contributed by atoms with Crippen molar-refractivity contribution in [3.8, 4) is 0 Å². The molecule has 0 aliphatic rings. The molecule has 2 rings (SSSR count). The zero-order chi connectivity index (χ0) is 10.5. The monoisotopic (exact) mass is 233 g/mol. The maximum absolute atomic E-state index is 11.7. The van der Waals surface area contributed by atoms with Crippen LogP contribution in [0.1, 0.15) is 0 Å². The standard InChI is InChI=1S/C8H10N4O2.K/c1-10-4-9-6-5(10)7(13)12(3)8(14)11(6)2;/h4H,1-3H3;. The van der Waals surface area contributed by atoms with Crippen LogP contribution in [0.25, 0.3) is 11.2 Å². The molecular formula is C8H10KN4O2. The van der Waals surface area contributed by atoms with Gasteiger partial charge in [-0.25, -0.2) is 9.78 Å². The maximum atomic E-state index is 11.7. The van der Waals surface area contributed by atoms with Gasteiger partial charge in [0.25, 0.3) is 5.56 Å². The van der Waals surface area contributed by atoms with Gasteiger partial charge in [-0.1, -0.05) is 0 Å². The summed E-state index contributed by atoms with van der Waals surface area (Å²) in [5, 5.41) is 0. The molecule has 0 aliphatic heterocycles. The van der Waals surface area contributed by atoms with Gasteiger partial charge in [0.1, 0.15) is 0 Å². The first kappa shape index (κ1) is 12.9. The largest absolute Gasteiger partial charge is 0.332 e. The maximum Gasteiger partial charge on any atom is 0.332 e. The van der Waals surface area contributed by atoms with Crippen molar-refractivity contribution in [3.05, 3.63) is 27.2 Å². The van der Waals surface area contributed by atoms with Crippen LogP contribution in [0.15, 0.2) is 15.9 Å². The van der Waals surface area contributed by atoms with Crippen molar-refractivity contribution < 1.29 is 0 Å². The number of nitrogens with zero attached hydrogens (tertiary/aromatic N) is 4. The van der Waals surface area contributed by atoms with E-state index in [2.05, 4.69) is 4.98 Å². The normalized spacial score (nSPS) is 10.3. The van der Waals surface area contributed by atoms with Crippen molar-refractivity contribution in [2.75, 3.05) is 0 Å². The van der Waals surface area contributed by atoms with E-state index in [1.165, 1.54) is 17.9 Å². The minimum Gasteiger partial charge on any atom is -0.328 e. The molecule has 1 radical (unpaired) electrons. The van der Waals surface area contributed by atoms with E-state index in [1.807, 2.05) is 0 Å². The molecule has 0 saturated carbocycles. The molecule has 0 amide bonds. The van der Waals surface area contributed by atoms with E-state index in [9.17, 15) is 9.59 Å². The van der Waals surface area contributed by atoms with Crippen LogP contribution < -0.4 is 11.2 Å². The Morgan fingerprint density at radius 3 is 2.33 bits per heavy atom. The van der Waals surface area contributed by atoms with Crippen molar-refractivity contribution in [1.82, 2.24) is 18.7 Å². The van der Waals surface area contributed by atoms with Gasteiger partial charge in [0, 0.05) is 72.5 Å². The van der Waals surface area contributed by atoms with E-state index in [-0.39, 0.29) is 62.6 Å². The van der Waals surface area contributed by atoms with E-state index in [1.54, 1.807) is 18.7 Å². The molecule has 6 nitrogen and oxygen atoms in total. The van der Waals surface area contributed by atoms with Crippen LogP contribution in [-0.4, -0.2) is 70.1 Å². The SMILES string of the molecule is Cn1c(=O)c2c(ncn2C)n(C)c1=O.[K]. The molecule has 0 unspecified atom stereocenters. The third kappa shape index (κ3) is 1.78. The molecule has 0 aliphatic carbocycles. The van der Waals surface area contributed by atoms with Crippen LogP contribution in [0.2, 0.25) is 0 Å². The number of rotatable bonds is 0. The van der Waals surface area contributed by atoms with Gasteiger partial charge < -0.3 is 4.57 Å². The first-order valence-electron chi connectivity index (χ1n) is 4.11. The van der Waals surface area contributed by atoms with Crippen molar-refractivity contribution in [2.45, 2.75) is 0 Å². The Hall–Kier alpha value is -0.214. The summed E-state index contributed by atoms with van der Waals surface area (Å²) in [6.07, 6.45) is 1.52. The quantitative estimate of drug-likeness (QED) is 0.525. The number of aryl methyl sites for hydroxylation is 2. The predicted octanol–water partition coefficient (Wildman–Crippen LogP) is -1.41. The minimum atomic E-state index is -0.360. The van der Waals surface area contributed by atoms with Gasteiger partial charge in [0.2, 0.25) is 0 Å². The van der Waals surface area contributed by atoms with E-state index >= 15 is 0 Å². The van der Waals surface area contributed by atoms with Crippen LogP contribution in [0.5, 0.6) is 0 Å². The van der Waals surface area contributed by atoms with E-state index in [0.717, 1.165) is 4.57 Å². The van der Waals surface area contributed by atoms with Crippen LogP contribution in [0.3, 0.4) is 0 Å². The molecule has 0 N–H and O–H groups in total. The van der Waals surface area contributed by atoms with Gasteiger partial charge in [-0.2, -0.15) is 0 Å². The number of hydrogen-bond donors (Lipinski definition) is 0. The Kier molecular flexibility index (Phi) is 3.72. The Labute approximate surface area is 128 Å². The van der Waals surface area contributed by atoms with Crippen molar-refractivity contribution in [2.24, 2.45) is 21.1 Å². The fraction of sp³-hybridized carbons (Fsp3) is 0.375. The third-order valence-electron chi connectivity index (χ3n) is 2.32. The van der Waals surface area contributed by atoms with Crippen LogP contribution in [0, 0.1) is 0 Å². The molecule has 0 atom stereocenters. The van der Waals surface area contributed by atoms with Gasteiger partial charge in [0.05, 0.1) is 6.33 Å². The Balaban J connectivity index is 0.00000112. The number of hydrogen-bond acceptors (Lipinski definition) is 3. The van der Waals surface area contributed by atoms with Crippen LogP contribution >= 0.6 is 0 Å². The minimum absolute atomic E-state index is 0. The first-order chi connectivity index (χ1) is 6.54. The summed E-state index contributed by atoms with van der Waals surface area (Å²) in [6, 6.07) is 0. The number of fused-ring (bicyclic) bond motifs is 1. The fourth-order valence-corrected chi connectivity index (χ4v) is 1.47. The Morgan fingerprint density at radius 1 is 1.13 bits per heavy atom. The zero-order valence-electron chi connectivity index (χ0n) is 9.18. The van der Waals surface area contributed by atoms with Gasteiger partial charge in [-0.15, -0.1) is 0 Å². The molecule has 2 aromatic heterocycles. The van der Waals surface area contributed by atoms with Crippen molar-refractivity contribution >= 4 is 62.5 Å². The van der Waals surface area contributed by atoms with E-state index < -0.39 is 0 Å². The summed E-state index contributed by atoms with van der Waals surface area (Å²) >= 11 is 0. The molecule has 15 heavy (non-hydrogen) atoms. The van der Waals surface area contributed by atoms with Crippen LogP contribution in [0.4, 0.5) is 0 Å². The summed E-state index contributed by atoms with van der Waals surface area (Å²) in [4.78, 5) is 27.2. The summed E-state index contributed by atoms with van der Waals surface area (Å²) < 4.78 is 4.04. The smallest absolute Gasteiger partial charge is 0.328 e. The van der Waals surface area contributed by atoms with Crippen molar-refractivity contribution in [3.63, 3.8) is 0 Å². The summed E-state index contributed by atoms with van der Waals surface area (Å²) in [5.41, 5.74) is 0.180. The van der Waals surface area contributed by atoms with Crippen LogP contribution in [-0.2, 0) is 21.1 Å². The first-order valence-corrected chi connectivity index (χ1v) is 4.11. The van der Waals surface area contributed by atoms with Crippen molar-refractivity contribution in [1.29, 1.82) is 0 Å². The second-order valence-corrected chi connectivity index (χ2v) is 3.23. The molecule has 0 spiro atoms. The summed E-state index contributed by atoms with van der Waals surface area (Å²) in [6.45, 7) is 0. The second-order valence-electron chi connectivity index (χ2n) is 3.23. The number of aromatic nitrogens is 4. The molecule has 75 valence electrons. The second kappa shape index (κ2) is 4.34. The average Bonchev–Trinajstić information content (AvgIpc) is 2.54. The summed E-state index contributed by atoms with van der Waals surface area (Å²) in [7, 11) is 4.77. The fourth-order valence-electron chi connectivity index (χ4n) is 1.47. The topological polar surface area (TPSA) is 61.8 Å². The van der Waals surface area contributed by atoms with E-state index in [4.69, 9.17) is 0 Å². The molecule has 2 aromatic rings. The van der Waals surface area contributed by atoms with E-state index in [0.29, 0.717) is 11.2 Å². The molecule has 0 bridgehead atoms. The van der Waals surface area contributed by atoms with Gasteiger partial charge in [0.15, 0.2) is 11.2 Å². The molecule has 7 heteroatoms. The number of imidazole rings is 1. The van der Waals surface area contributed by atoms with Gasteiger partial charge in [-0.3, -0.25) is 13.9 Å². The average molecular weight is 233 g/mol. The van der Waals surface area contributed by atoms with Gasteiger partial charge >= 0.3 is 5.69 Å². The predicted molar refractivity (Wildman–Crippen MR) is 57.0 cm³/mol. The summed E-state index contributed by atoms with van der Waals surface area (Å²) in [5.74, 6) is 0. The molecule has 0 saturated heterocycles. The third-order valence-corrected chi connectivity index (χ3v) is 2.32. The zero-order valence-corrected chi connectivity index (χ0v) is 12.3. The Bertz CT molecular complexity index is 622. The Morgan fingerprint density at radius 2 is 1.73 bits per heavy atom.